The second-order valence-corrected chi connectivity index (χ2v) is 9.07. The molecule has 154 valence electrons. The number of fused-ring (bicyclic) bond motifs is 2. The number of nitrogens with zero attached hydrogens (tertiary/aromatic N) is 4. The molecule has 0 spiro atoms. The zero-order valence-corrected chi connectivity index (χ0v) is 17.9. The Labute approximate surface area is 182 Å². The molecule has 2 aromatic carbocycles. The molecule has 0 unspecified atom stereocenters. The van der Waals surface area contributed by atoms with Gasteiger partial charge in [0, 0.05) is 13.1 Å². The molecule has 0 N–H and O–H groups in total. The number of likely N-dealkylation sites (N-methyl/N-ethyl adjacent to an activating group) is 2. The van der Waals surface area contributed by atoms with Gasteiger partial charge in [-0.1, -0.05) is 24.3 Å². The highest BCUT2D eigenvalue weighted by molar-refractivity contribution is 7.96. The molecule has 0 radical (unpaired) electrons. The van der Waals surface area contributed by atoms with Gasteiger partial charge in [0.05, 0.1) is 46.5 Å². The van der Waals surface area contributed by atoms with Gasteiger partial charge in [-0.15, -0.1) is 0 Å². The van der Waals surface area contributed by atoms with E-state index >= 15 is 0 Å². The van der Waals surface area contributed by atoms with Crippen LogP contribution in [0.15, 0.2) is 48.5 Å². The lowest BCUT2D eigenvalue weighted by Crippen LogP contribution is -2.33. The van der Waals surface area contributed by atoms with E-state index in [-0.39, 0.29) is 23.6 Å². The largest absolute Gasteiger partial charge is 0.272 e. The minimum Gasteiger partial charge on any atom is -0.268 e. The van der Waals surface area contributed by atoms with E-state index in [1.165, 1.54) is 0 Å². The van der Waals surface area contributed by atoms with Gasteiger partial charge in [-0.25, -0.2) is 17.2 Å². The summed E-state index contributed by atoms with van der Waals surface area (Å²) in [6, 6.07) is 13.5. The van der Waals surface area contributed by atoms with Crippen LogP contribution in [0.25, 0.3) is 0 Å². The minimum atomic E-state index is -0.332. The van der Waals surface area contributed by atoms with E-state index in [2.05, 4.69) is 0 Å². The average Bonchev–Trinajstić information content (AvgIpc) is 3.13. The minimum absolute atomic E-state index is 0.332. The van der Waals surface area contributed by atoms with Gasteiger partial charge in [-0.05, 0) is 38.4 Å². The van der Waals surface area contributed by atoms with E-state index in [0.717, 1.165) is 32.9 Å². The lowest BCUT2D eigenvalue weighted by atomic mass is 10.1. The molecule has 0 saturated heterocycles. The molecular weight excluding hydrogens is 424 g/mol. The molecule has 2 aliphatic heterocycles. The molecule has 4 amide bonds. The highest BCUT2D eigenvalue weighted by atomic mass is 32.2. The Morgan fingerprint density at radius 1 is 0.600 bits per heavy atom. The summed E-state index contributed by atoms with van der Waals surface area (Å²) in [5.74, 6) is -1.33. The summed E-state index contributed by atoms with van der Waals surface area (Å²) in [6.45, 7) is 0.982. The Bertz CT molecular complexity index is 907. The third-order valence-electron chi connectivity index (χ3n) is 4.69. The van der Waals surface area contributed by atoms with Crippen molar-refractivity contribution < 1.29 is 19.2 Å². The third-order valence-corrected chi connectivity index (χ3v) is 6.60. The molecule has 10 heteroatoms. The molecule has 0 bridgehead atoms. The summed E-state index contributed by atoms with van der Waals surface area (Å²) in [5.41, 5.74) is 1.62. The first-order chi connectivity index (χ1) is 14.4. The Hall–Kier alpha value is -2.66. The second-order valence-electron chi connectivity index (χ2n) is 6.77. The molecule has 30 heavy (non-hydrogen) atoms. The molecule has 2 aromatic rings. The zero-order chi connectivity index (χ0) is 21.4. The highest BCUT2D eigenvalue weighted by Crippen LogP contribution is 2.31. The Morgan fingerprint density at radius 3 is 1.13 bits per heavy atom. The van der Waals surface area contributed by atoms with E-state index in [0.29, 0.717) is 35.3 Å². The predicted molar refractivity (Wildman–Crippen MR) is 114 cm³/mol. The predicted octanol–water partition coefficient (Wildman–Crippen LogP) is 2.57. The van der Waals surface area contributed by atoms with Gasteiger partial charge < -0.3 is 0 Å². The van der Waals surface area contributed by atoms with Crippen molar-refractivity contribution in [2.24, 2.45) is 0 Å². The second kappa shape index (κ2) is 8.23. The van der Waals surface area contributed by atoms with Gasteiger partial charge in [0.15, 0.2) is 0 Å². The van der Waals surface area contributed by atoms with Crippen LogP contribution in [0.4, 0.5) is 0 Å². The number of imide groups is 2. The smallest absolute Gasteiger partial charge is 0.268 e. The van der Waals surface area contributed by atoms with E-state index in [4.69, 9.17) is 0 Å². The van der Waals surface area contributed by atoms with Crippen LogP contribution in [-0.2, 0) is 0 Å². The zero-order valence-electron chi connectivity index (χ0n) is 16.3. The normalized spacial score (nSPS) is 15.6. The SMILES string of the molecule is CN(CCN(C)SN1C(=O)c2ccccc2C1=O)SN1C(=O)c2ccccc2C1=O. The Morgan fingerprint density at radius 2 is 0.867 bits per heavy atom. The molecule has 0 aliphatic carbocycles. The van der Waals surface area contributed by atoms with Gasteiger partial charge in [0.2, 0.25) is 0 Å². The fourth-order valence-corrected chi connectivity index (χ4v) is 4.70. The summed E-state index contributed by atoms with van der Waals surface area (Å²) in [4.78, 5) is 49.8. The lowest BCUT2D eigenvalue weighted by molar-refractivity contribution is 0.0755. The fourth-order valence-electron chi connectivity index (χ4n) is 3.12. The van der Waals surface area contributed by atoms with Crippen LogP contribution in [-0.4, -0.2) is 68.0 Å². The highest BCUT2D eigenvalue weighted by Gasteiger charge is 2.38. The van der Waals surface area contributed by atoms with Crippen molar-refractivity contribution in [3.8, 4) is 0 Å². The average molecular weight is 443 g/mol. The number of amides is 4. The topological polar surface area (TPSA) is 81.2 Å². The standard InChI is InChI=1S/C20H18N4O4S2/c1-21(29-23-17(25)13-7-3-4-8-14(13)18(23)26)11-12-22(2)30-24-19(27)15-9-5-6-10-16(15)20(24)28/h3-10H,11-12H2,1-2H3. The van der Waals surface area contributed by atoms with E-state index < -0.39 is 0 Å². The molecule has 0 atom stereocenters. The molecule has 0 fully saturated rings. The van der Waals surface area contributed by atoms with Gasteiger partial charge in [-0.2, -0.15) is 0 Å². The maximum absolute atomic E-state index is 12.5. The van der Waals surface area contributed by atoms with Crippen molar-refractivity contribution in [1.29, 1.82) is 0 Å². The summed E-state index contributed by atoms with van der Waals surface area (Å²) in [5, 5.41) is 0. The van der Waals surface area contributed by atoms with Crippen molar-refractivity contribution in [3.05, 3.63) is 70.8 Å². The number of hydrogen-bond donors (Lipinski definition) is 0. The van der Waals surface area contributed by atoms with Crippen LogP contribution in [0.1, 0.15) is 41.4 Å². The first-order valence-corrected chi connectivity index (χ1v) is 10.6. The molecule has 2 aliphatic rings. The summed E-state index contributed by atoms with van der Waals surface area (Å²) in [7, 11) is 3.55. The third kappa shape index (κ3) is 3.63. The van der Waals surface area contributed by atoms with Crippen LogP contribution in [0.5, 0.6) is 0 Å². The summed E-state index contributed by atoms with van der Waals surface area (Å²) in [6.07, 6.45) is 0. The Balaban J connectivity index is 1.30. The number of rotatable bonds is 7. The quantitative estimate of drug-likeness (QED) is 0.478. The summed E-state index contributed by atoms with van der Waals surface area (Å²) < 4.78 is 5.81. The Kier molecular flexibility index (Phi) is 5.65. The van der Waals surface area contributed by atoms with Crippen molar-refractivity contribution in [1.82, 2.24) is 17.2 Å². The maximum atomic E-state index is 12.5. The first kappa shape index (κ1) is 20.6. The number of benzene rings is 2. The van der Waals surface area contributed by atoms with Gasteiger partial charge in [0.1, 0.15) is 0 Å². The number of carbonyl (C=O) groups excluding carboxylic acids is 4. The van der Waals surface area contributed by atoms with Crippen molar-refractivity contribution in [2.45, 2.75) is 0 Å². The van der Waals surface area contributed by atoms with E-state index in [1.807, 2.05) is 0 Å². The van der Waals surface area contributed by atoms with Crippen LogP contribution >= 0.6 is 24.3 Å². The van der Waals surface area contributed by atoms with Crippen LogP contribution in [0.3, 0.4) is 0 Å². The molecular formula is C20H18N4O4S2. The monoisotopic (exact) mass is 442 g/mol. The number of hydrogen-bond acceptors (Lipinski definition) is 8. The molecule has 4 rings (SSSR count). The van der Waals surface area contributed by atoms with Crippen molar-refractivity contribution >= 4 is 47.9 Å². The molecule has 2 heterocycles. The van der Waals surface area contributed by atoms with E-state index in [1.54, 1.807) is 71.2 Å². The van der Waals surface area contributed by atoms with Crippen molar-refractivity contribution in [3.63, 3.8) is 0 Å². The van der Waals surface area contributed by atoms with Crippen LogP contribution in [0, 0.1) is 0 Å². The molecule has 0 aromatic heterocycles. The molecule has 8 nitrogen and oxygen atoms in total. The van der Waals surface area contributed by atoms with Crippen LogP contribution < -0.4 is 0 Å². The number of carbonyl (C=O) groups is 4. The maximum Gasteiger partial charge on any atom is 0.272 e. The van der Waals surface area contributed by atoms with Crippen molar-refractivity contribution in [2.75, 3.05) is 27.2 Å². The molecule has 0 saturated carbocycles. The fraction of sp³-hybridized carbons (Fsp3) is 0.200. The van der Waals surface area contributed by atoms with Gasteiger partial charge >= 0.3 is 0 Å². The van der Waals surface area contributed by atoms with Gasteiger partial charge in [-0.3, -0.25) is 19.2 Å². The lowest BCUT2D eigenvalue weighted by Gasteiger charge is -2.24. The van der Waals surface area contributed by atoms with Gasteiger partial charge in [0.25, 0.3) is 23.6 Å². The first-order valence-electron chi connectivity index (χ1n) is 9.12. The van der Waals surface area contributed by atoms with Crippen LogP contribution in [0.2, 0.25) is 0 Å². The van der Waals surface area contributed by atoms with E-state index in [9.17, 15) is 19.2 Å². The summed E-state index contributed by atoms with van der Waals surface area (Å²) >= 11 is 2.08.